The van der Waals surface area contributed by atoms with Crippen LogP contribution in [-0.2, 0) is 6.54 Å². The maximum atomic E-state index is 5.89. The molecule has 0 radical (unpaired) electrons. The number of furan rings is 1. The summed E-state index contributed by atoms with van der Waals surface area (Å²) in [5, 5.41) is 4.23. The molecule has 4 aromatic rings. The highest BCUT2D eigenvalue weighted by Crippen LogP contribution is 2.43. The molecule has 180 valence electrons. The number of aryl methyl sites for hydroxylation is 1. The molecule has 3 aromatic heterocycles. The van der Waals surface area contributed by atoms with Gasteiger partial charge in [-0.25, -0.2) is 0 Å². The van der Waals surface area contributed by atoms with E-state index in [1.165, 1.54) is 17.0 Å². The molecule has 0 aliphatic carbocycles. The number of nitrogens with zero attached hydrogens (tertiary/aromatic N) is 3. The zero-order chi connectivity index (χ0) is 24.5. The maximum Gasteiger partial charge on any atom is 0.174 e. The Kier molecular flexibility index (Phi) is 6.34. The van der Waals surface area contributed by atoms with Crippen molar-refractivity contribution in [2.45, 2.75) is 52.4 Å². The monoisotopic (exact) mass is 486 g/mol. The molecular formula is C28H30N4O2S. The Morgan fingerprint density at radius 3 is 2.54 bits per heavy atom. The van der Waals surface area contributed by atoms with Crippen molar-refractivity contribution in [2.24, 2.45) is 0 Å². The van der Waals surface area contributed by atoms with Gasteiger partial charge in [0.1, 0.15) is 11.5 Å². The predicted molar refractivity (Wildman–Crippen MR) is 142 cm³/mol. The summed E-state index contributed by atoms with van der Waals surface area (Å²) < 4.78 is 13.8. The first kappa shape index (κ1) is 23.2. The smallest absolute Gasteiger partial charge is 0.174 e. The quantitative estimate of drug-likeness (QED) is 0.318. The first-order valence-corrected chi connectivity index (χ1v) is 12.3. The number of benzene rings is 1. The third kappa shape index (κ3) is 4.56. The van der Waals surface area contributed by atoms with Crippen LogP contribution in [0.1, 0.15) is 54.3 Å². The molecule has 1 N–H and O–H groups in total. The molecule has 0 bridgehead atoms. The van der Waals surface area contributed by atoms with Crippen LogP contribution in [0, 0.1) is 13.8 Å². The van der Waals surface area contributed by atoms with Crippen molar-refractivity contribution >= 4 is 23.0 Å². The molecule has 1 saturated heterocycles. The summed E-state index contributed by atoms with van der Waals surface area (Å²) in [6, 6.07) is 20.2. The van der Waals surface area contributed by atoms with Crippen LogP contribution in [0.4, 0.5) is 5.69 Å². The van der Waals surface area contributed by atoms with Crippen molar-refractivity contribution in [3.8, 4) is 5.75 Å². The van der Waals surface area contributed by atoms with Gasteiger partial charge in [-0.3, -0.25) is 4.98 Å². The third-order valence-electron chi connectivity index (χ3n) is 6.41. The van der Waals surface area contributed by atoms with Gasteiger partial charge in [0.15, 0.2) is 5.11 Å². The lowest BCUT2D eigenvalue weighted by atomic mass is 9.96. The van der Waals surface area contributed by atoms with E-state index in [-0.39, 0.29) is 18.2 Å². The fraction of sp³-hybridized carbons (Fsp3) is 0.286. The van der Waals surface area contributed by atoms with Gasteiger partial charge >= 0.3 is 0 Å². The van der Waals surface area contributed by atoms with Crippen LogP contribution in [-0.4, -0.2) is 20.8 Å². The molecule has 0 saturated carbocycles. The standard InChI is InChI=1S/C28H30N4O2S/c1-18(2)34-22-12-10-21(11-13-22)32-27(26(30-28(32)35)25-9-5-6-14-29-25)24-16-19(3)31(20(24)4)17-23-8-7-15-33-23/h5-16,18,26-27H,17H2,1-4H3,(H,30,35)/t26-,27-/m0/s1. The number of anilines is 1. The van der Waals surface area contributed by atoms with Crippen molar-refractivity contribution in [3.05, 3.63) is 102 Å². The topological polar surface area (TPSA) is 55.5 Å². The van der Waals surface area contributed by atoms with Gasteiger partial charge in [0.2, 0.25) is 0 Å². The number of thiocarbonyl (C=S) groups is 1. The molecule has 0 spiro atoms. The number of hydrogen-bond donors (Lipinski definition) is 1. The molecule has 0 unspecified atom stereocenters. The van der Waals surface area contributed by atoms with Crippen LogP contribution in [0.25, 0.3) is 0 Å². The highest BCUT2D eigenvalue weighted by Gasteiger charge is 2.42. The molecule has 7 heteroatoms. The zero-order valence-electron chi connectivity index (χ0n) is 20.4. The van der Waals surface area contributed by atoms with Gasteiger partial charge in [-0.1, -0.05) is 6.07 Å². The molecule has 35 heavy (non-hydrogen) atoms. The van der Waals surface area contributed by atoms with E-state index in [9.17, 15) is 0 Å². The second kappa shape index (κ2) is 9.58. The van der Waals surface area contributed by atoms with Gasteiger partial charge in [-0.2, -0.15) is 0 Å². The second-order valence-electron chi connectivity index (χ2n) is 9.15. The van der Waals surface area contributed by atoms with E-state index in [4.69, 9.17) is 21.4 Å². The highest BCUT2D eigenvalue weighted by molar-refractivity contribution is 7.80. The van der Waals surface area contributed by atoms with Gasteiger partial charge < -0.3 is 23.9 Å². The van der Waals surface area contributed by atoms with E-state index in [1.54, 1.807) is 6.26 Å². The first-order valence-electron chi connectivity index (χ1n) is 11.9. The minimum atomic E-state index is -0.0900. The molecule has 2 atom stereocenters. The van der Waals surface area contributed by atoms with Crippen molar-refractivity contribution in [1.29, 1.82) is 0 Å². The van der Waals surface area contributed by atoms with Crippen molar-refractivity contribution in [2.75, 3.05) is 4.90 Å². The summed E-state index contributed by atoms with van der Waals surface area (Å²) in [6.07, 6.45) is 3.67. The van der Waals surface area contributed by atoms with Gasteiger partial charge in [0.05, 0.1) is 36.7 Å². The average molecular weight is 487 g/mol. The largest absolute Gasteiger partial charge is 0.491 e. The molecule has 1 fully saturated rings. The Morgan fingerprint density at radius 1 is 1.09 bits per heavy atom. The summed E-state index contributed by atoms with van der Waals surface area (Å²) in [5.41, 5.74) is 5.53. The molecule has 1 aliphatic heterocycles. The van der Waals surface area contributed by atoms with Crippen LogP contribution in [0.2, 0.25) is 0 Å². The van der Waals surface area contributed by atoms with E-state index in [0.29, 0.717) is 11.7 Å². The first-order chi connectivity index (χ1) is 16.9. The van der Waals surface area contributed by atoms with Crippen LogP contribution in [0.3, 0.4) is 0 Å². The molecule has 4 heterocycles. The van der Waals surface area contributed by atoms with E-state index in [0.717, 1.165) is 22.9 Å². The Balaban J connectivity index is 1.58. The fourth-order valence-corrected chi connectivity index (χ4v) is 5.18. The van der Waals surface area contributed by atoms with E-state index in [1.807, 2.05) is 56.4 Å². The normalized spacial score (nSPS) is 17.7. The molecular weight excluding hydrogens is 456 g/mol. The molecule has 0 amide bonds. The summed E-state index contributed by atoms with van der Waals surface area (Å²) in [4.78, 5) is 6.88. The van der Waals surface area contributed by atoms with Gasteiger partial charge in [-0.05, 0) is 100 Å². The Labute approximate surface area is 211 Å². The summed E-state index contributed by atoms with van der Waals surface area (Å²) in [6.45, 7) is 9.04. The van der Waals surface area contributed by atoms with Crippen LogP contribution < -0.4 is 15.0 Å². The highest BCUT2D eigenvalue weighted by atomic mass is 32.1. The maximum absolute atomic E-state index is 5.89. The minimum absolute atomic E-state index is 0.0641. The molecule has 5 rings (SSSR count). The minimum Gasteiger partial charge on any atom is -0.491 e. The number of pyridine rings is 1. The fourth-order valence-electron chi connectivity index (χ4n) is 4.84. The molecule has 1 aliphatic rings. The SMILES string of the molecule is Cc1cc([C@H]2[C@H](c3ccccn3)NC(=S)N2c2ccc(OC(C)C)cc2)c(C)n1Cc1ccco1. The van der Waals surface area contributed by atoms with E-state index >= 15 is 0 Å². The predicted octanol–water partition coefficient (Wildman–Crippen LogP) is 6.11. The number of rotatable bonds is 7. The van der Waals surface area contributed by atoms with Gasteiger partial charge in [0.25, 0.3) is 0 Å². The number of nitrogens with one attached hydrogen (secondary N) is 1. The lowest BCUT2D eigenvalue weighted by Crippen LogP contribution is -2.29. The van der Waals surface area contributed by atoms with Gasteiger partial charge in [-0.15, -0.1) is 0 Å². The third-order valence-corrected chi connectivity index (χ3v) is 6.72. The van der Waals surface area contributed by atoms with Gasteiger partial charge in [0, 0.05) is 23.3 Å². The van der Waals surface area contributed by atoms with Crippen LogP contribution in [0.15, 0.2) is 77.5 Å². The Hall–Kier alpha value is -3.58. The van der Waals surface area contributed by atoms with E-state index < -0.39 is 0 Å². The second-order valence-corrected chi connectivity index (χ2v) is 9.54. The van der Waals surface area contributed by atoms with Crippen LogP contribution >= 0.6 is 12.2 Å². The molecule has 1 aromatic carbocycles. The number of aromatic nitrogens is 2. The zero-order valence-corrected chi connectivity index (χ0v) is 21.3. The van der Waals surface area contributed by atoms with Crippen molar-refractivity contribution in [1.82, 2.24) is 14.9 Å². The van der Waals surface area contributed by atoms with Crippen molar-refractivity contribution in [3.63, 3.8) is 0 Å². The number of ether oxygens (including phenoxy) is 1. The lowest BCUT2D eigenvalue weighted by Gasteiger charge is -2.28. The van der Waals surface area contributed by atoms with Crippen molar-refractivity contribution < 1.29 is 9.15 Å². The van der Waals surface area contributed by atoms with E-state index in [2.05, 4.69) is 57.9 Å². The molecule has 6 nitrogen and oxygen atoms in total. The summed E-state index contributed by atoms with van der Waals surface area (Å²) in [7, 11) is 0. The summed E-state index contributed by atoms with van der Waals surface area (Å²) in [5.74, 6) is 1.77. The average Bonchev–Trinajstić information content (AvgIpc) is 3.55. The summed E-state index contributed by atoms with van der Waals surface area (Å²) >= 11 is 5.89. The number of hydrogen-bond acceptors (Lipinski definition) is 4. The Morgan fingerprint density at radius 2 is 1.89 bits per heavy atom. The van der Waals surface area contributed by atoms with Crippen LogP contribution in [0.5, 0.6) is 5.75 Å². The Bertz CT molecular complexity index is 1300. The lowest BCUT2D eigenvalue weighted by molar-refractivity contribution is 0.242.